The van der Waals surface area contributed by atoms with E-state index in [9.17, 15) is 14.0 Å². The van der Waals surface area contributed by atoms with Crippen LogP contribution in [-0.4, -0.2) is 36.9 Å². The van der Waals surface area contributed by atoms with Gasteiger partial charge >= 0.3 is 0 Å². The molecule has 2 aromatic carbocycles. The summed E-state index contributed by atoms with van der Waals surface area (Å²) < 4.78 is 20.5. The Morgan fingerprint density at radius 1 is 1.28 bits per heavy atom. The number of nitrogens with one attached hydrogen (secondary N) is 1. The van der Waals surface area contributed by atoms with Crippen LogP contribution in [0.15, 0.2) is 42.5 Å². The van der Waals surface area contributed by atoms with E-state index in [0.29, 0.717) is 33.6 Å². The van der Waals surface area contributed by atoms with Crippen molar-refractivity contribution in [2.45, 2.75) is 19.6 Å². The Balaban J connectivity index is 1.82. The molecule has 2 heterocycles. The van der Waals surface area contributed by atoms with Crippen molar-refractivity contribution in [3.05, 3.63) is 69.8 Å². The molecule has 0 aliphatic carbocycles. The van der Waals surface area contributed by atoms with Gasteiger partial charge < -0.3 is 15.0 Å². The number of carbonyl (C=O) groups excluding carboxylic acids is 2. The van der Waals surface area contributed by atoms with Gasteiger partial charge in [0.05, 0.1) is 11.5 Å². The van der Waals surface area contributed by atoms with Crippen molar-refractivity contribution in [3.8, 4) is 0 Å². The number of aryl methyl sites for hydroxylation is 1. The average molecular weight is 412 g/mol. The number of piperazine rings is 1. The predicted octanol–water partition coefficient (Wildman–Crippen LogP) is 3.81. The van der Waals surface area contributed by atoms with Gasteiger partial charge in [-0.2, -0.15) is 0 Å². The van der Waals surface area contributed by atoms with E-state index in [0.717, 1.165) is 11.1 Å². The monoisotopic (exact) mass is 412 g/mol. The molecule has 0 radical (unpaired) electrons. The Morgan fingerprint density at radius 3 is 2.83 bits per heavy atom. The van der Waals surface area contributed by atoms with Gasteiger partial charge in [0.1, 0.15) is 11.9 Å². The minimum absolute atomic E-state index is 0.122. The second-order valence-corrected chi connectivity index (χ2v) is 8.06. The van der Waals surface area contributed by atoms with Crippen molar-refractivity contribution >= 4 is 33.2 Å². The summed E-state index contributed by atoms with van der Waals surface area (Å²) in [7, 11) is 1.52. The highest BCUT2D eigenvalue weighted by molar-refractivity contribution is 7.21. The summed E-state index contributed by atoms with van der Waals surface area (Å²) in [4.78, 5) is 28.3. The third-order valence-electron chi connectivity index (χ3n) is 5.20. The molecule has 5 nitrogen and oxygen atoms in total. The van der Waals surface area contributed by atoms with Crippen LogP contribution in [0.2, 0.25) is 0 Å². The van der Waals surface area contributed by atoms with Crippen LogP contribution in [0.25, 0.3) is 10.1 Å². The number of amides is 2. The van der Waals surface area contributed by atoms with Gasteiger partial charge in [-0.15, -0.1) is 11.3 Å². The lowest BCUT2D eigenvalue weighted by molar-refractivity contribution is -0.128. The van der Waals surface area contributed by atoms with E-state index in [4.69, 9.17) is 4.74 Å². The lowest BCUT2D eigenvalue weighted by Crippen LogP contribution is -2.52. The van der Waals surface area contributed by atoms with E-state index in [1.54, 1.807) is 17.0 Å². The summed E-state index contributed by atoms with van der Waals surface area (Å²) in [6.07, 6.45) is 0. The van der Waals surface area contributed by atoms with Crippen LogP contribution in [-0.2, 0) is 16.1 Å². The Hall–Kier alpha value is -2.77. The Bertz CT molecular complexity index is 1090. The fourth-order valence-electron chi connectivity index (χ4n) is 3.84. The minimum Gasteiger partial charge on any atom is -0.380 e. The van der Waals surface area contributed by atoms with Gasteiger partial charge in [0.2, 0.25) is 5.91 Å². The van der Waals surface area contributed by atoms with Crippen LogP contribution in [0.5, 0.6) is 0 Å². The van der Waals surface area contributed by atoms with Gasteiger partial charge in [0, 0.05) is 35.8 Å². The van der Waals surface area contributed by atoms with E-state index < -0.39 is 6.04 Å². The molecule has 0 spiro atoms. The maximum atomic E-state index is 14.5. The summed E-state index contributed by atoms with van der Waals surface area (Å²) in [5.41, 5.74) is 2.26. The van der Waals surface area contributed by atoms with Gasteiger partial charge in [-0.05, 0) is 30.2 Å². The number of fused-ring (bicyclic) bond motifs is 1. The quantitative estimate of drug-likeness (QED) is 0.709. The highest BCUT2D eigenvalue weighted by Gasteiger charge is 2.37. The van der Waals surface area contributed by atoms with Gasteiger partial charge in [0.15, 0.2) is 0 Å². The first-order chi connectivity index (χ1) is 14.0. The van der Waals surface area contributed by atoms with Crippen LogP contribution in [0.1, 0.15) is 32.4 Å². The van der Waals surface area contributed by atoms with E-state index in [1.165, 1.54) is 24.5 Å². The van der Waals surface area contributed by atoms with Crippen molar-refractivity contribution in [3.63, 3.8) is 0 Å². The molecule has 1 saturated heterocycles. The van der Waals surface area contributed by atoms with Gasteiger partial charge in [-0.25, -0.2) is 4.39 Å². The molecular formula is C22H21FN2O3S. The van der Waals surface area contributed by atoms with Crippen LogP contribution in [0.3, 0.4) is 0 Å². The third kappa shape index (κ3) is 3.41. The molecule has 150 valence electrons. The van der Waals surface area contributed by atoms with Gasteiger partial charge in [0.25, 0.3) is 5.91 Å². The van der Waals surface area contributed by atoms with Crippen molar-refractivity contribution in [2.24, 2.45) is 0 Å². The van der Waals surface area contributed by atoms with Crippen LogP contribution in [0, 0.1) is 12.7 Å². The molecule has 1 atom stereocenters. The zero-order valence-corrected chi connectivity index (χ0v) is 17.0. The zero-order valence-electron chi connectivity index (χ0n) is 16.2. The number of ether oxygens (including phenoxy) is 1. The van der Waals surface area contributed by atoms with Crippen molar-refractivity contribution in [2.75, 3.05) is 20.2 Å². The largest absolute Gasteiger partial charge is 0.380 e. The molecule has 1 unspecified atom stereocenters. The molecule has 3 aromatic rings. The second-order valence-electron chi connectivity index (χ2n) is 7.00. The van der Waals surface area contributed by atoms with Crippen LogP contribution >= 0.6 is 11.3 Å². The number of rotatable bonds is 4. The first-order valence-electron chi connectivity index (χ1n) is 9.36. The molecular weight excluding hydrogens is 391 g/mol. The van der Waals surface area contributed by atoms with Crippen LogP contribution in [0.4, 0.5) is 4.39 Å². The lowest BCUT2D eigenvalue weighted by Gasteiger charge is -2.36. The summed E-state index contributed by atoms with van der Waals surface area (Å²) in [6.45, 7) is 2.81. The van der Waals surface area contributed by atoms with Crippen molar-refractivity contribution in [1.29, 1.82) is 0 Å². The van der Waals surface area contributed by atoms with Gasteiger partial charge in [-0.3, -0.25) is 9.59 Å². The Labute approximate surface area is 172 Å². The normalized spacial score (nSPS) is 16.9. The number of halogens is 1. The molecule has 1 fully saturated rings. The van der Waals surface area contributed by atoms with Crippen molar-refractivity contribution in [1.82, 2.24) is 10.2 Å². The van der Waals surface area contributed by atoms with Gasteiger partial charge in [-0.1, -0.05) is 30.3 Å². The van der Waals surface area contributed by atoms with Crippen molar-refractivity contribution < 1.29 is 18.7 Å². The minimum atomic E-state index is -0.720. The Kier molecular flexibility index (Phi) is 5.34. The Morgan fingerprint density at radius 2 is 2.07 bits per heavy atom. The number of nitrogens with zero attached hydrogens (tertiary/aromatic N) is 1. The molecule has 0 saturated carbocycles. The summed E-state index contributed by atoms with van der Waals surface area (Å²) in [5, 5.41) is 3.27. The molecule has 1 aliphatic rings. The maximum absolute atomic E-state index is 14.5. The summed E-state index contributed by atoms with van der Waals surface area (Å²) in [5.74, 6) is -0.864. The standard InChI is InChI=1S/C22H21FN2O3S/c1-13-6-3-4-7-14(13)19-21(26)24-10-11-25(19)22(27)20-15(12-28-2)18-16(23)8-5-9-17(18)29-20/h3-9,19H,10-12H2,1-2H3,(H,24,26). The highest BCUT2D eigenvalue weighted by Crippen LogP contribution is 2.36. The van der Waals surface area contributed by atoms with E-state index in [-0.39, 0.29) is 24.2 Å². The molecule has 1 aromatic heterocycles. The fourth-order valence-corrected chi connectivity index (χ4v) is 5.02. The summed E-state index contributed by atoms with van der Waals surface area (Å²) >= 11 is 1.24. The number of carbonyl (C=O) groups is 2. The molecule has 7 heteroatoms. The molecule has 29 heavy (non-hydrogen) atoms. The third-order valence-corrected chi connectivity index (χ3v) is 6.39. The average Bonchev–Trinajstić information content (AvgIpc) is 3.08. The van der Waals surface area contributed by atoms with E-state index >= 15 is 0 Å². The molecule has 0 bridgehead atoms. The lowest BCUT2D eigenvalue weighted by atomic mass is 9.97. The smallest absolute Gasteiger partial charge is 0.265 e. The highest BCUT2D eigenvalue weighted by atomic mass is 32.1. The number of methoxy groups -OCH3 is 1. The second kappa shape index (κ2) is 7.93. The van der Waals surface area contributed by atoms with E-state index in [2.05, 4.69) is 5.32 Å². The molecule has 1 aliphatic heterocycles. The zero-order chi connectivity index (χ0) is 20.5. The SMILES string of the molecule is COCc1c(C(=O)N2CCNC(=O)C2c2ccccc2C)sc2cccc(F)c12. The van der Waals surface area contributed by atoms with Crippen LogP contribution < -0.4 is 5.32 Å². The number of hydrogen-bond donors (Lipinski definition) is 1. The van der Waals surface area contributed by atoms with E-state index in [1.807, 2.05) is 31.2 Å². The number of hydrogen-bond acceptors (Lipinski definition) is 4. The molecule has 1 N–H and O–H groups in total. The molecule has 4 rings (SSSR count). The topological polar surface area (TPSA) is 58.6 Å². The maximum Gasteiger partial charge on any atom is 0.265 e. The first-order valence-corrected chi connectivity index (χ1v) is 10.2. The first kappa shape index (κ1) is 19.5. The fraction of sp³-hybridized carbons (Fsp3) is 0.273. The predicted molar refractivity (Wildman–Crippen MR) is 110 cm³/mol. The number of thiophene rings is 1. The molecule has 2 amide bonds. The number of benzene rings is 2. The summed E-state index contributed by atoms with van der Waals surface area (Å²) in [6, 6.07) is 11.6.